The van der Waals surface area contributed by atoms with Crippen LogP contribution >= 0.6 is 28.3 Å². The second kappa shape index (κ2) is 6.46. The van der Waals surface area contributed by atoms with Gasteiger partial charge < -0.3 is 15.2 Å². The van der Waals surface area contributed by atoms with Crippen LogP contribution in [0.15, 0.2) is 33.3 Å². The Kier molecular flexibility index (Phi) is 4.68. The van der Waals surface area contributed by atoms with Crippen molar-refractivity contribution in [2.75, 3.05) is 11.4 Å². The molecule has 1 aromatic carbocycles. The number of carbonyl (C=O) groups is 1. The Morgan fingerprint density at radius 1 is 1.33 bits per heavy atom. The Morgan fingerprint density at radius 3 is 2.75 bits per heavy atom. The minimum atomic E-state index is -0.438. The molecule has 1 aliphatic heterocycles. The fourth-order valence-corrected chi connectivity index (χ4v) is 3.66. The minimum Gasteiger partial charge on any atom is -0.339 e. The number of amides is 1. The Labute approximate surface area is 154 Å². The number of benzene rings is 1. The van der Waals surface area contributed by atoms with Crippen molar-refractivity contribution in [2.24, 2.45) is 5.73 Å². The molecule has 1 aromatic heterocycles. The summed E-state index contributed by atoms with van der Waals surface area (Å²) in [6, 6.07) is 7.69. The second-order valence-electron chi connectivity index (χ2n) is 6.32. The van der Waals surface area contributed by atoms with Crippen molar-refractivity contribution in [1.29, 1.82) is 0 Å². The predicted molar refractivity (Wildman–Crippen MR) is 95.1 cm³/mol. The minimum absolute atomic E-state index is 0. The molecule has 24 heavy (non-hydrogen) atoms. The summed E-state index contributed by atoms with van der Waals surface area (Å²) in [5.74, 6) is 1.07. The number of aromatic nitrogens is 2. The van der Waals surface area contributed by atoms with Gasteiger partial charge in [0.1, 0.15) is 0 Å². The SMILES string of the molecule is Cl.NC1(c2noc(C3CC(=O)N(c4ccccc4Br)C3)n2)CCC1. The molecule has 1 unspecified atom stereocenters. The van der Waals surface area contributed by atoms with E-state index in [4.69, 9.17) is 10.3 Å². The van der Waals surface area contributed by atoms with Crippen LogP contribution in [0, 0.1) is 0 Å². The van der Waals surface area contributed by atoms with E-state index in [0.29, 0.717) is 24.7 Å². The molecule has 0 bridgehead atoms. The van der Waals surface area contributed by atoms with Crippen LogP contribution in [-0.2, 0) is 10.3 Å². The topological polar surface area (TPSA) is 85.2 Å². The molecule has 0 radical (unpaired) electrons. The fourth-order valence-electron chi connectivity index (χ4n) is 3.16. The average Bonchev–Trinajstić information content (AvgIpc) is 3.12. The third kappa shape index (κ3) is 2.85. The number of halogens is 2. The maximum atomic E-state index is 12.4. The monoisotopic (exact) mass is 412 g/mol. The van der Waals surface area contributed by atoms with Gasteiger partial charge in [0.2, 0.25) is 11.8 Å². The summed E-state index contributed by atoms with van der Waals surface area (Å²) in [6.45, 7) is 0.542. The van der Waals surface area contributed by atoms with E-state index in [1.54, 1.807) is 4.90 Å². The zero-order valence-electron chi connectivity index (χ0n) is 12.9. The van der Waals surface area contributed by atoms with Crippen LogP contribution in [0.1, 0.15) is 43.3 Å². The van der Waals surface area contributed by atoms with Gasteiger partial charge in [-0.25, -0.2) is 0 Å². The summed E-state index contributed by atoms with van der Waals surface area (Å²) < 4.78 is 6.30. The first-order valence-corrected chi connectivity index (χ1v) is 8.54. The second-order valence-corrected chi connectivity index (χ2v) is 7.18. The highest BCUT2D eigenvalue weighted by Crippen LogP contribution is 2.39. The lowest BCUT2D eigenvalue weighted by molar-refractivity contribution is -0.117. The van der Waals surface area contributed by atoms with Gasteiger partial charge in [-0.2, -0.15) is 4.98 Å². The summed E-state index contributed by atoms with van der Waals surface area (Å²) in [5, 5.41) is 4.04. The van der Waals surface area contributed by atoms with Gasteiger partial charge >= 0.3 is 0 Å². The highest BCUT2D eigenvalue weighted by atomic mass is 79.9. The maximum absolute atomic E-state index is 12.4. The summed E-state index contributed by atoms with van der Waals surface area (Å²) in [4.78, 5) is 18.6. The number of rotatable bonds is 3. The molecular formula is C16H18BrClN4O2. The molecule has 1 saturated carbocycles. The van der Waals surface area contributed by atoms with Crippen molar-refractivity contribution in [3.63, 3.8) is 0 Å². The average molecular weight is 414 g/mol. The lowest BCUT2D eigenvalue weighted by Gasteiger charge is -2.34. The third-order valence-electron chi connectivity index (χ3n) is 4.75. The molecule has 1 saturated heterocycles. The van der Waals surface area contributed by atoms with E-state index >= 15 is 0 Å². The van der Waals surface area contributed by atoms with E-state index in [-0.39, 0.29) is 24.2 Å². The summed E-state index contributed by atoms with van der Waals surface area (Å²) >= 11 is 3.50. The molecule has 1 atom stereocenters. The van der Waals surface area contributed by atoms with Crippen LogP contribution < -0.4 is 10.6 Å². The van der Waals surface area contributed by atoms with Crippen molar-refractivity contribution in [2.45, 2.75) is 37.1 Å². The molecule has 128 valence electrons. The van der Waals surface area contributed by atoms with E-state index in [1.807, 2.05) is 24.3 Å². The first-order valence-electron chi connectivity index (χ1n) is 7.75. The van der Waals surface area contributed by atoms with Gasteiger partial charge in [-0.05, 0) is 47.3 Å². The Morgan fingerprint density at radius 2 is 2.08 bits per heavy atom. The van der Waals surface area contributed by atoms with Crippen LogP contribution in [0.4, 0.5) is 5.69 Å². The van der Waals surface area contributed by atoms with Gasteiger partial charge in [-0.15, -0.1) is 12.4 Å². The molecule has 2 fully saturated rings. The van der Waals surface area contributed by atoms with Crippen LogP contribution in [0.3, 0.4) is 0 Å². The van der Waals surface area contributed by atoms with Crippen LogP contribution in [0.2, 0.25) is 0 Å². The molecule has 2 N–H and O–H groups in total. The van der Waals surface area contributed by atoms with E-state index in [0.717, 1.165) is 29.4 Å². The number of anilines is 1. The molecular weight excluding hydrogens is 396 g/mol. The van der Waals surface area contributed by atoms with E-state index < -0.39 is 5.54 Å². The fraction of sp³-hybridized carbons (Fsp3) is 0.438. The van der Waals surface area contributed by atoms with Crippen molar-refractivity contribution < 1.29 is 9.32 Å². The zero-order chi connectivity index (χ0) is 16.0. The van der Waals surface area contributed by atoms with Crippen molar-refractivity contribution in [3.8, 4) is 0 Å². The van der Waals surface area contributed by atoms with Crippen LogP contribution in [-0.4, -0.2) is 22.6 Å². The lowest BCUT2D eigenvalue weighted by atomic mass is 9.77. The zero-order valence-corrected chi connectivity index (χ0v) is 15.3. The van der Waals surface area contributed by atoms with Gasteiger partial charge in [-0.1, -0.05) is 17.3 Å². The number of nitrogens with zero attached hydrogens (tertiary/aromatic N) is 3. The molecule has 2 aliphatic rings. The first kappa shape index (κ1) is 17.4. The Hall–Kier alpha value is -1.44. The molecule has 2 heterocycles. The number of para-hydroxylation sites is 1. The van der Waals surface area contributed by atoms with Gasteiger partial charge in [0.25, 0.3) is 0 Å². The Balaban J connectivity index is 0.00000169. The predicted octanol–water partition coefficient (Wildman–Crippen LogP) is 3.11. The van der Waals surface area contributed by atoms with E-state index in [1.165, 1.54) is 0 Å². The molecule has 1 amide bonds. The van der Waals surface area contributed by atoms with Gasteiger partial charge in [-0.3, -0.25) is 4.79 Å². The van der Waals surface area contributed by atoms with Crippen LogP contribution in [0.5, 0.6) is 0 Å². The summed E-state index contributed by atoms with van der Waals surface area (Å²) in [6.07, 6.45) is 3.25. The van der Waals surface area contributed by atoms with Gasteiger partial charge in [0, 0.05) is 17.4 Å². The van der Waals surface area contributed by atoms with E-state index in [2.05, 4.69) is 26.1 Å². The number of hydrogen-bond donors (Lipinski definition) is 1. The summed E-state index contributed by atoms with van der Waals surface area (Å²) in [5.41, 5.74) is 6.66. The van der Waals surface area contributed by atoms with E-state index in [9.17, 15) is 4.79 Å². The molecule has 1 aliphatic carbocycles. The normalized spacial score (nSPS) is 22.2. The number of carbonyl (C=O) groups excluding carboxylic acids is 1. The van der Waals surface area contributed by atoms with Gasteiger partial charge in [0.05, 0.1) is 17.1 Å². The van der Waals surface area contributed by atoms with Crippen molar-refractivity contribution in [3.05, 3.63) is 40.5 Å². The molecule has 4 rings (SSSR count). The summed E-state index contributed by atoms with van der Waals surface area (Å²) in [7, 11) is 0. The van der Waals surface area contributed by atoms with Crippen LogP contribution in [0.25, 0.3) is 0 Å². The highest BCUT2D eigenvalue weighted by molar-refractivity contribution is 9.10. The van der Waals surface area contributed by atoms with Gasteiger partial charge in [0.15, 0.2) is 5.82 Å². The molecule has 0 spiro atoms. The smallest absolute Gasteiger partial charge is 0.232 e. The third-order valence-corrected chi connectivity index (χ3v) is 5.42. The number of hydrogen-bond acceptors (Lipinski definition) is 5. The van der Waals surface area contributed by atoms with Crippen molar-refractivity contribution >= 4 is 39.9 Å². The molecule has 2 aromatic rings. The lowest BCUT2D eigenvalue weighted by Crippen LogP contribution is -2.44. The quantitative estimate of drug-likeness (QED) is 0.835. The maximum Gasteiger partial charge on any atom is 0.232 e. The largest absolute Gasteiger partial charge is 0.339 e. The van der Waals surface area contributed by atoms with Crippen molar-refractivity contribution in [1.82, 2.24) is 10.1 Å². The highest BCUT2D eigenvalue weighted by Gasteiger charge is 2.41. The Bertz CT molecular complexity index is 762. The first-order chi connectivity index (χ1) is 11.1. The molecule has 6 nitrogen and oxygen atoms in total. The standard InChI is InChI=1S/C16H17BrN4O2.ClH/c17-11-4-1-2-5-12(11)21-9-10(8-13(21)22)14-19-15(20-23-14)16(18)6-3-7-16;/h1-2,4-5,10H,3,6-9,18H2;1H. The number of nitrogens with two attached hydrogens (primary N) is 1. The molecule has 8 heteroatoms.